The predicted molar refractivity (Wildman–Crippen MR) is 65.8 cm³/mol. The van der Waals surface area contributed by atoms with Gasteiger partial charge in [0.05, 0.1) is 0 Å². The van der Waals surface area contributed by atoms with Crippen LogP contribution in [0.15, 0.2) is 43.9 Å². The molecule has 0 spiro atoms. The molecule has 3 atom stereocenters. The highest BCUT2D eigenvalue weighted by molar-refractivity contribution is 7.76. The molecule has 0 fully saturated rings. The van der Waals surface area contributed by atoms with Gasteiger partial charge in [0.25, 0.3) is 0 Å². The summed E-state index contributed by atoms with van der Waals surface area (Å²) in [5, 5.41) is 0. The third-order valence-corrected chi connectivity index (χ3v) is 8.11. The van der Waals surface area contributed by atoms with Crippen molar-refractivity contribution in [2.45, 2.75) is 0 Å². The van der Waals surface area contributed by atoms with Crippen LogP contribution in [0.1, 0.15) is 0 Å². The molecule has 0 saturated heterocycles. The zero-order chi connectivity index (χ0) is 12.5. The number of rotatable bonds is 2. The molecule has 0 saturated carbocycles. The van der Waals surface area contributed by atoms with Crippen molar-refractivity contribution in [3.05, 3.63) is 30.3 Å². The first-order valence-electron chi connectivity index (χ1n) is 4.52. The van der Waals surface area contributed by atoms with Crippen LogP contribution in [0.4, 0.5) is 12.6 Å². The Labute approximate surface area is 97.4 Å². The lowest BCUT2D eigenvalue weighted by Gasteiger charge is -2.17. The standard InChI is InChI=1S/C7H9F3N3OP3/c1-16(9)11-15(8)12-17(10,13-16)14-7-5-3-2-4-6-7/h2-6,15H,1H3. The first-order chi connectivity index (χ1) is 7.89. The van der Waals surface area contributed by atoms with Crippen LogP contribution < -0.4 is 4.52 Å². The number of nitrogens with zero attached hydrogens (tertiary/aromatic N) is 3. The van der Waals surface area contributed by atoms with Gasteiger partial charge in [0, 0.05) is 6.66 Å². The first kappa shape index (κ1) is 12.9. The van der Waals surface area contributed by atoms with Crippen molar-refractivity contribution in [1.29, 1.82) is 0 Å². The van der Waals surface area contributed by atoms with E-state index in [0.717, 1.165) is 6.66 Å². The monoisotopic (exact) mass is 301 g/mol. The van der Waals surface area contributed by atoms with Crippen LogP contribution in [0.2, 0.25) is 0 Å². The molecule has 1 aliphatic heterocycles. The third-order valence-electron chi connectivity index (χ3n) is 1.71. The number of hydrogen-bond donors (Lipinski definition) is 0. The molecule has 1 aromatic carbocycles. The normalized spacial score (nSPS) is 36.4. The van der Waals surface area contributed by atoms with Gasteiger partial charge in [-0.05, 0) is 12.1 Å². The lowest BCUT2D eigenvalue weighted by molar-refractivity contribution is 0.552. The fraction of sp³-hybridized carbons (Fsp3) is 0.143. The van der Waals surface area contributed by atoms with Crippen molar-refractivity contribution in [3.8, 4) is 5.75 Å². The second-order valence-corrected chi connectivity index (χ2v) is 8.85. The average Bonchev–Trinajstić information content (AvgIpc) is 2.13. The highest BCUT2D eigenvalue weighted by atomic mass is 31.3. The first-order valence-corrected chi connectivity index (χ1v) is 9.33. The molecule has 0 N–H and O–H groups in total. The van der Waals surface area contributed by atoms with E-state index in [1.54, 1.807) is 18.2 Å². The van der Waals surface area contributed by atoms with Gasteiger partial charge in [-0.25, -0.2) is 0 Å². The van der Waals surface area contributed by atoms with Crippen LogP contribution >= 0.6 is 23.4 Å². The molecule has 1 aromatic rings. The van der Waals surface area contributed by atoms with Crippen molar-refractivity contribution in [2.75, 3.05) is 6.66 Å². The summed E-state index contributed by atoms with van der Waals surface area (Å²) < 4.78 is 55.0. The highest BCUT2D eigenvalue weighted by Crippen LogP contribution is 2.73. The molecule has 1 aliphatic rings. The largest absolute Gasteiger partial charge is 0.437 e. The van der Waals surface area contributed by atoms with Gasteiger partial charge in [0.1, 0.15) is 5.75 Å². The Kier molecular flexibility index (Phi) is 3.53. The summed E-state index contributed by atoms with van der Waals surface area (Å²) in [7, 11) is -11.3. The summed E-state index contributed by atoms with van der Waals surface area (Å²) in [6, 6.07) is 7.87. The third kappa shape index (κ3) is 3.48. The van der Waals surface area contributed by atoms with Crippen LogP contribution in [-0.2, 0) is 0 Å². The van der Waals surface area contributed by atoms with E-state index < -0.39 is 23.4 Å². The van der Waals surface area contributed by atoms with Gasteiger partial charge < -0.3 is 4.52 Å². The zero-order valence-electron chi connectivity index (χ0n) is 8.66. The fourth-order valence-corrected chi connectivity index (χ4v) is 7.06. The Balaban J connectivity index is 2.39. The lowest BCUT2D eigenvalue weighted by atomic mass is 10.3. The molecule has 0 radical (unpaired) electrons. The summed E-state index contributed by atoms with van der Waals surface area (Å²) in [4.78, 5) is 0. The van der Waals surface area contributed by atoms with Gasteiger partial charge in [-0.2, -0.15) is 12.9 Å². The summed E-state index contributed by atoms with van der Waals surface area (Å²) in [6.07, 6.45) is 0. The molecule has 2 rings (SSSR count). The highest BCUT2D eigenvalue weighted by Gasteiger charge is 2.30. The van der Waals surface area contributed by atoms with E-state index in [9.17, 15) is 12.6 Å². The molecule has 0 amide bonds. The maximum absolute atomic E-state index is 14.1. The summed E-state index contributed by atoms with van der Waals surface area (Å²) in [5.74, 6) is 0.146. The quantitative estimate of drug-likeness (QED) is 0.634. The van der Waals surface area contributed by atoms with Crippen LogP contribution in [0.3, 0.4) is 0 Å². The Morgan fingerprint density at radius 3 is 2.47 bits per heavy atom. The molecule has 4 nitrogen and oxygen atoms in total. The smallest absolute Gasteiger partial charge is 0.419 e. The van der Waals surface area contributed by atoms with E-state index in [-0.39, 0.29) is 5.75 Å². The average molecular weight is 301 g/mol. The van der Waals surface area contributed by atoms with Gasteiger partial charge in [0.15, 0.2) is 0 Å². The second-order valence-electron chi connectivity index (χ2n) is 3.25. The van der Waals surface area contributed by atoms with Crippen LogP contribution in [-0.4, -0.2) is 6.66 Å². The van der Waals surface area contributed by atoms with Crippen molar-refractivity contribution in [1.82, 2.24) is 0 Å². The van der Waals surface area contributed by atoms with Gasteiger partial charge in [0.2, 0.25) is 15.7 Å². The van der Waals surface area contributed by atoms with E-state index in [0.29, 0.717) is 0 Å². The molecule has 0 aromatic heterocycles. The molecule has 0 bridgehead atoms. The minimum atomic E-state index is -4.26. The maximum Gasteiger partial charge on any atom is 0.437 e. The van der Waals surface area contributed by atoms with Crippen LogP contribution in [0, 0.1) is 0 Å². The fourth-order valence-electron chi connectivity index (χ4n) is 1.17. The number of halogens is 3. The minimum Gasteiger partial charge on any atom is -0.419 e. The van der Waals surface area contributed by atoms with E-state index in [2.05, 4.69) is 13.5 Å². The van der Waals surface area contributed by atoms with Gasteiger partial charge in [-0.15, -0.1) is 13.2 Å². The Hall–Kier alpha value is -0.500. The molecule has 17 heavy (non-hydrogen) atoms. The summed E-state index contributed by atoms with van der Waals surface area (Å²) in [5.41, 5.74) is 0. The molecule has 0 aliphatic carbocycles. The predicted octanol–water partition coefficient (Wildman–Crippen LogP) is 5.82. The van der Waals surface area contributed by atoms with E-state index in [1.807, 2.05) is 0 Å². The van der Waals surface area contributed by atoms with Crippen molar-refractivity contribution >= 4 is 23.4 Å². The SMILES string of the molecule is CP1(F)=N[PH](F)=NP(F)(Oc2ccccc2)=N1. The molecular weight excluding hydrogens is 292 g/mol. The topological polar surface area (TPSA) is 46.3 Å². The van der Waals surface area contributed by atoms with Crippen molar-refractivity contribution < 1.29 is 17.1 Å². The van der Waals surface area contributed by atoms with Gasteiger partial charge in [-0.3, -0.25) is 0 Å². The van der Waals surface area contributed by atoms with E-state index in [4.69, 9.17) is 4.52 Å². The van der Waals surface area contributed by atoms with E-state index in [1.165, 1.54) is 12.1 Å². The van der Waals surface area contributed by atoms with Crippen molar-refractivity contribution in [3.63, 3.8) is 0 Å². The number of benzene rings is 1. The minimum absolute atomic E-state index is 0.146. The van der Waals surface area contributed by atoms with E-state index >= 15 is 0 Å². The zero-order valence-corrected chi connectivity index (χ0v) is 11.5. The van der Waals surface area contributed by atoms with Gasteiger partial charge in [-0.1, -0.05) is 18.2 Å². The lowest BCUT2D eigenvalue weighted by Crippen LogP contribution is -1.86. The Bertz CT molecular complexity index is 568. The second kappa shape index (κ2) is 4.64. The summed E-state index contributed by atoms with van der Waals surface area (Å²) in [6.45, 7) is 0.981. The Morgan fingerprint density at radius 2 is 1.88 bits per heavy atom. The van der Waals surface area contributed by atoms with Gasteiger partial charge >= 0.3 is 7.74 Å². The number of hydrogen-bond acceptors (Lipinski definition) is 4. The van der Waals surface area contributed by atoms with Crippen LogP contribution in [0.25, 0.3) is 0 Å². The Morgan fingerprint density at radius 1 is 1.24 bits per heavy atom. The molecule has 10 heteroatoms. The number of para-hydroxylation sites is 1. The van der Waals surface area contributed by atoms with Crippen LogP contribution in [0.5, 0.6) is 5.75 Å². The molecule has 1 heterocycles. The maximum atomic E-state index is 14.1. The molecule has 94 valence electrons. The van der Waals surface area contributed by atoms with Crippen molar-refractivity contribution in [2.24, 2.45) is 13.5 Å². The molecule has 3 unspecified atom stereocenters. The summed E-state index contributed by atoms with van der Waals surface area (Å²) >= 11 is 0. The molecular formula is C7H9F3N3OP3.